The zero-order valence-electron chi connectivity index (χ0n) is 13.5. The number of rotatable bonds is 5. The van der Waals surface area contributed by atoms with Gasteiger partial charge in [0, 0.05) is 0 Å². The van der Waals surface area contributed by atoms with Gasteiger partial charge in [0.15, 0.2) is 5.11 Å². The minimum Gasteiger partial charge on any atom is -0.467 e. The number of nitrogens with one attached hydrogen (secondary N) is 2. The zero-order chi connectivity index (χ0) is 16.8. The van der Waals surface area contributed by atoms with E-state index in [1.807, 2.05) is 30.3 Å². The van der Waals surface area contributed by atoms with Crippen LogP contribution in [0.1, 0.15) is 28.5 Å². The molecule has 0 amide bonds. The van der Waals surface area contributed by atoms with Crippen LogP contribution in [0, 0.1) is 6.92 Å². The highest BCUT2D eigenvalue weighted by Gasteiger charge is 2.15. The molecule has 2 aromatic carbocycles. The molecular weight excluding hydrogens is 316 g/mol. The van der Waals surface area contributed by atoms with Crippen molar-refractivity contribution < 1.29 is 4.42 Å². The van der Waals surface area contributed by atoms with Gasteiger partial charge in [0.2, 0.25) is 0 Å². The SMILES string of the molecule is Cc1ccc([C@@H](NC(=S)NCc2ccco2)c2ccccc2)cc1. The van der Waals surface area contributed by atoms with Crippen LogP contribution in [0.2, 0.25) is 0 Å². The van der Waals surface area contributed by atoms with Crippen molar-refractivity contribution >= 4 is 17.3 Å². The molecule has 0 aliphatic heterocycles. The number of hydrogen-bond donors (Lipinski definition) is 2. The van der Waals surface area contributed by atoms with Crippen molar-refractivity contribution in [2.45, 2.75) is 19.5 Å². The summed E-state index contributed by atoms with van der Waals surface area (Å²) in [6.45, 7) is 2.65. The Morgan fingerprint density at radius 1 is 0.958 bits per heavy atom. The lowest BCUT2D eigenvalue weighted by atomic mass is 9.98. The zero-order valence-corrected chi connectivity index (χ0v) is 14.3. The van der Waals surface area contributed by atoms with Gasteiger partial charge in [-0.15, -0.1) is 0 Å². The van der Waals surface area contributed by atoms with Crippen molar-refractivity contribution in [3.05, 3.63) is 95.4 Å². The van der Waals surface area contributed by atoms with Gasteiger partial charge in [-0.2, -0.15) is 0 Å². The molecule has 0 spiro atoms. The Labute approximate surface area is 147 Å². The van der Waals surface area contributed by atoms with Crippen LogP contribution in [0.5, 0.6) is 0 Å². The summed E-state index contributed by atoms with van der Waals surface area (Å²) >= 11 is 5.47. The first kappa shape index (κ1) is 16.3. The number of benzene rings is 2. The minimum absolute atomic E-state index is 0.00315. The van der Waals surface area contributed by atoms with Crippen LogP contribution in [0.4, 0.5) is 0 Å². The first-order chi connectivity index (χ1) is 11.7. The first-order valence-electron chi connectivity index (χ1n) is 7.90. The molecule has 3 nitrogen and oxygen atoms in total. The average molecular weight is 336 g/mol. The molecule has 0 aliphatic rings. The summed E-state index contributed by atoms with van der Waals surface area (Å²) < 4.78 is 5.32. The third-order valence-corrected chi connectivity index (χ3v) is 4.08. The molecule has 1 aromatic heterocycles. The summed E-state index contributed by atoms with van der Waals surface area (Å²) in [5.41, 5.74) is 3.58. The normalized spacial score (nSPS) is 11.7. The van der Waals surface area contributed by atoms with Crippen molar-refractivity contribution in [2.75, 3.05) is 0 Å². The minimum atomic E-state index is 0.00315. The summed E-state index contributed by atoms with van der Waals surface area (Å²) in [6, 6.07) is 22.6. The van der Waals surface area contributed by atoms with Crippen molar-refractivity contribution in [3.8, 4) is 0 Å². The maximum Gasteiger partial charge on any atom is 0.167 e. The second-order valence-electron chi connectivity index (χ2n) is 5.66. The standard InChI is InChI=1S/C20H20N2OS/c1-15-9-11-17(12-10-15)19(16-6-3-2-4-7-16)22-20(24)21-14-18-8-5-13-23-18/h2-13,19H,14H2,1H3,(H2,21,22,24)/t19-/m0/s1. The summed E-state index contributed by atoms with van der Waals surface area (Å²) in [6.07, 6.45) is 1.66. The number of furan rings is 1. The predicted molar refractivity (Wildman–Crippen MR) is 101 cm³/mol. The van der Waals surface area contributed by atoms with Crippen molar-refractivity contribution in [1.82, 2.24) is 10.6 Å². The highest BCUT2D eigenvalue weighted by atomic mass is 32.1. The topological polar surface area (TPSA) is 37.2 Å². The highest BCUT2D eigenvalue weighted by molar-refractivity contribution is 7.80. The third-order valence-electron chi connectivity index (χ3n) is 3.82. The lowest BCUT2D eigenvalue weighted by Crippen LogP contribution is -2.37. The fourth-order valence-corrected chi connectivity index (χ4v) is 2.72. The Bertz CT molecular complexity index is 767. The molecule has 24 heavy (non-hydrogen) atoms. The van der Waals surface area contributed by atoms with Crippen LogP contribution in [0.25, 0.3) is 0 Å². The van der Waals surface area contributed by atoms with Crippen LogP contribution in [-0.2, 0) is 6.54 Å². The van der Waals surface area contributed by atoms with Gasteiger partial charge in [0.25, 0.3) is 0 Å². The Hall–Kier alpha value is -2.59. The van der Waals surface area contributed by atoms with E-state index < -0.39 is 0 Å². The molecule has 1 atom stereocenters. The number of aryl methyl sites for hydroxylation is 1. The van der Waals surface area contributed by atoms with E-state index in [2.05, 4.69) is 54.0 Å². The molecule has 0 unspecified atom stereocenters. The Kier molecular flexibility index (Phi) is 5.29. The van der Waals surface area contributed by atoms with Crippen LogP contribution in [0.3, 0.4) is 0 Å². The summed E-state index contributed by atoms with van der Waals surface area (Å²) in [4.78, 5) is 0. The van der Waals surface area contributed by atoms with Crippen molar-refractivity contribution in [1.29, 1.82) is 0 Å². The highest BCUT2D eigenvalue weighted by Crippen LogP contribution is 2.22. The summed E-state index contributed by atoms with van der Waals surface area (Å²) in [5, 5.41) is 7.20. The molecular formula is C20H20N2OS. The molecule has 0 radical (unpaired) electrons. The molecule has 0 saturated heterocycles. The van der Waals surface area contributed by atoms with Gasteiger partial charge >= 0.3 is 0 Å². The molecule has 4 heteroatoms. The monoisotopic (exact) mass is 336 g/mol. The van der Waals surface area contributed by atoms with Gasteiger partial charge in [-0.25, -0.2) is 0 Å². The van der Waals surface area contributed by atoms with Gasteiger partial charge < -0.3 is 15.1 Å². The molecule has 1 heterocycles. The number of hydrogen-bond acceptors (Lipinski definition) is 2. The molecule has 0 saturated carbocycles. The summed E-state index contributed by atoms with van der Waals surface area (Å²) in [7, 11) is 0. The van der Waals surface area contributed by atoms with E-state index in [4.69, 9.17) is 16.6 Å². The van der Waals surface area contributed by atoms with E-state index in [-0.39, 0.29) is 6.04 Å². The molecule has 0 aliphatic carbocycles. The maximum absolute atomic E-state index is 5.47. The Morgan fingerprint density at radius 3 is 2.33 bits per heavy atom. The smallest absolute Gasteiger partial charge is 0.167 e. The lowest BCUT2D eigenvalue weighted by molar-refractivity contribution is 0.502. The molecule has 0 fully saturated rings. The van der Waals surface area contributed by atoms with Crippen LogP contribution in [-0.4, -0.2) is 5.11 Å². The van der Waals surface area contributed by atoms with Gasteiger partial charge in [-0.1, -0.05) is 60.2 Å². The van der Waals surface area contributed by atoms with E-state index in [0.717, 1.165) is 5.76 Å². The van der Waals surface area contributed by atoms with E-state index in [9.17, 15) is 0 Å². The molecule has 122 valence electrons. The average Bonchev–Trinajstić information content (AvgIpc) is 3.13. The van der Waals surface area contributed by atoms with Crippen molar-refractivity contribution in [3.63, 3.8) is 0 Å². The summed E-state index contributed by atoms with van der Waals surface area (Å²) in [5.74, 6) is 0.853. The van der Waals surface area contributed by atoms with Crippen LogP contribution < -0.4 is 10.6 Å². The lowest BCUT2D eigenvalue weighted by Gasteiger charge is -2.22. The van der Waals surface area contributed by atoms with E-state index >= 15 is 0 Å². The van der Waals surface area contributed by atoms with E-state index in [1.54, 1.807) is 6.26 Å². The predicted octanol–water partition coefficient (Wildman–Crippen LogP) is 4.34. The van der Waals surface area contributed by atoms with E-state index in [1.165, 1.54) is 16.7 Å². The van der Waals surface area contributed by atoms with Gasteiger partial charge in [0.1, 0.15) is 5.76 Å². The number of thiocarbonyl (C=S) groups is 1. The molecule has 2 N–H and O–H groups in total. The molecule has 0 bridgehead atoms. The fourth-order valence-electron chi connectivity index (χ4n) is 2.53. The van der Waals surface area contributed by atoms with Gasteiger partial charge in [-0.3, -0.25) is 0 Å². The second-order valence-corrected chi connectivity index (χ2v) is 6.07. The molecule has 3 aromatic rings. The maximum atomic E-state index is 5.47. The Morgan fingerprint density at radius 2 is 1.67 bits per heavy atom. The molecule has 3 rings (SSSR count). The first-order valence-corrected chi connectivity index (χ1v) is 8.31. The van der Waals surface area contributed by atoms with Crippen LogP contribution >= 0.6 is 12.2 Å². The largest absolute Gasteiger partial charge is 0.467 e. The second kappa shape index (κ2) is 7.79. The fraction of sp³-hybridized carbons (Fsp3) is 0.150. The van der Waals surface area contributed by atoms with E-state index in [0.29, 0.717) is 11.7 Å². The van der Waals surface area contributed by atoms with Crippen molar-refractivity contribution in [2.24, 2.45) is 0 Å². The quantitative estimate of drug-likeness (QED) is 0.680. The van der Waals surface area contributed by atoms with Crippen LogP contribution in [0.15, 0.2) is 77.4 Å². The van der Waals surface area contributed by atoms with Gasteiger partial charge in [0.05, 0.1) is 18.8 Å². The van der Waals surface area contributed by atoms with Gasteiger partial charge in [-0.05, 0) is 42.4 Å². The third kappa shape index (κ3) is 4.24. The Balaban J connectivity index is 1.74.